The predicted octanol–water partition coefficient (Wildman–Crippen LogP) is 4.61. The third-order valence-electron chi connectivity index (χ3n) is 7.07. The molecule has 2 heterocycles. The summed E-state index contributed by atoms with van der Waals surface area (Å²) in [6.45, 7) is 4.54. The number of nitrogens with one attached hydrogen (secondary N) is 2. The summed E-state index contributed by atoms with van der Waals surface area (Å²) in [4.78, 5) is 51.7. The van der Waals surface area contributed by atoms with Gasteiger partial charge < -0.3 is 15.2 Å². The third-order valence-corrected chi connectivity index (χ3v) is 7.07. The van der Waals surface area contributed by atoms with E-state index in [1.54, 1.807) is 4.57 Å². The Morgan fingerprint density at radius 1 is 1.16 bits per heavy atom. The highest BCUT2D eigenvalue weighted by molar-refractivity contribution is 6.44. The van der Waals surface area contributed by atoms with Crippen molar-refractivity contribution in [1.29, 1.82) is 0 Å². The molecule has 0 spiro atoms. The van der Waals surface area contributed by atoms with Crippen LogP contribution in [0.5, 0.6) is 0 Å². The van der Waals surface area contributed by atoms with Crippen LogP contribution in [0.15, 0.2) is 18.2 Å². The minimum Gasteiger partial charge on any atom is -0.340 e. The van der Waals surface area contributed by atoms with Gasteiger partial charge in [-0.1, -0.05) is 6.92 Å². The number of fused-ring (bicyclic) bond motifs is 1. The van der Waals surface area contributed by atoms with E-state index in [2.05, 4.69) is 10.6 Å². The van der Waals surface area contributed by atoms with Gasteiger partial charge in [-0.3, -0.25) is 19.2 Å². The van der Waals surface area contributed by atoms with E-state index in [1.165, 1.54) is 32.9 Å². The molecule has 1 atom stereocenters. The standard InChI is InChI=1S/C26H27F4N3O4/c1-4-19(34)25(11-26(29,30)12-25)32-24(37)22(35)20-13(2)21(33-9-5-6-18(20)33)23(36)31-15-7-8-17(28)16(10-15)14(3)27/h7-8,10,14H,4-6,9,11-12H2,1-3H3,(H,31,36)(H,32,37). The van der Waals surface area contributed by atoms with Crippen molar-refractivity contribution in [2.75, 3.05) is 5.32 Å². The molecule has 1 aliphatic carbocycles. The van der Waals surface area contributed by atoms with Crippen LogP contribution in [0.3, 0.4) is 0 Å². The van der Waals surface area contributed by atoms with E-state index >= 15 is 0 Å². The molecule has 1 unspecified atom stereocenters. The largest absolute Gasteiger partial charge is 0.340 e. The lowest BCUT2D eigenvalue weighted by Crippen LogP contribution is -2.67. The maximum absolute atomic E-state index is 13.9. The van der Waals surface area contributed by atoms with E-state index in [0.29, 0.717) is 25.1 Å². The molecule has 1 aliphatic heterocycles. The van der Waals surface area contributed by atoms with Crippen molar-refractivity contribution in [3.63, 3.8) is 0 Å². The second kappa shape index (κ2) is 9.42. The molecule has 0 saturated heterocycles. The van der Waals surface area contributed by atoms with Crippen LogP contribution in [0.4, 0.5) is 23.2 Å². The Labute approximate surface area is 210 Å². The molecule has 4 rings (SSSR count). The van der Waals surface area contributed by atoms with E-state index in [4.69, 9.17) is 0 Å². The van der Waals surface area contributed by atoms with Gasteiger partial charge in [0.2, 0.25) is 0 Å². The molecule has 37 heavy (non-hydrogen) atoms. The molecule has 7 nitrogen and oxygen atoms in total. The van der Waals surface area contributed by atoms with Gasteiger partial charge in [0, 0.05) is 42.8 Å². The van der Waals surface area contributed by atoms with Crippen LogP contribution >= 0.6 is 0 Å². The summed E-state index contributed by atoms with van der Waals surface area (Å²) in [5.41, 5.74) is -1.11. The van der Waals surface area contributed by atoms with Crippen molar-refractivity contribution in [3.05, 3.63) is 52.1 Å². The van der Waals surface area contributed by atoms with Gasteiger partial charge in [-0.2, -0.15) is 0 Å². The number of ketones is 2. The number of hydrogen-bond donors (Lipinski definition) is 2. The van der Waals surface area contributed by atoms with E-state index in [-0.39, 0.29) is 34.5 Å². The topological polar surface area (TPSA) is 97.3 Å². The fraction of sp³-hybridized carbons (Fsp3) is 0.462. The smallest absolute Gasteiger partial charge is 0.293 e. The lowest BCUT2D eigenvalue weighted by Gasteiger charge is -2.46. The van der Waals surface area contributed by atoms with Crippen molar-refractivity contribution in [1.82, 2.24) is 9.88 Å². The van der Waals surface area contributed by atoms with E-state index < -0.39 is 59.7 Å². The summed E-state index contributed by atoms with van der Waals surface area (Å²) in [7, 11) is 0. The number of rotatable bonds is 8. The van der Waals surface area contributed by atoms with Gasteiger partial charge in [0.15, 0.2) is 5.78 Å². The summed E-state index contributed by atoms with van der Waals surface area (Å²) >= 11 is 0. The van der Waals surface area contributed by atoms with E-state index in [0.717, 1.165) is 6.07 Å². The Morgan fingerprint density at radius 2 is 1.84 bits per heavy atom. The van der Waals surface area contributed by atoms with Crippen molar-refractivity contribution < 1.29 is 36.7 Å². The zero-order valence-corrected chi connectivity index (χ0v) is 20.6. The number of Topliss-reactive ketones (excluding diaryl/α,β-unsaturated/α-hetero) is 2. The number of nitrogens with zero attached hydrogens (tertiary/aromatic N) is 1. The number of aromatic nitrogens is 1. The first kappa shape index (κ1) is 26.6. The molecule has 1 aromatic heterocycles. The normalized spacial score (nSPS) is 17.9. The number of benzene rings is 1. The summed E-state index contributed by atoms with van der Waals surface area (Å²) in [6, 6.07) is 3.49. The Bertz CT molecular complexity index is 1310. The van der Waals surface area contributed by atoms with Crippen molar-refractivity contribution in [2.24, 2.45) is 0 Å². The molecule has 1 aromatic carbocycles. The van der Waals surface area contributed by atoms with Crippen LogP contribution < -0.4 is 10.6 Å². The molecular weight excluding hydrogens is 494 g/mol. The lowest BCUT2D eigenvalue weighted by atomic mass is 9.69. The van der Waals surface area contributed by atoms with Gasteiger partial charge in [-0.15, -0.1) is 0 Å². The van der Waals surface area contributed by atoms with Crippen LogP contribution in [-0.2, 0) is 22.6 Å². The molecule has 2 N–H and O–H groups in total. The highest BCUT2D eigenvalue weighted by atomic mass is 19.3. The first-order chi connectivity index (χ1) is 17.3. The van der Waals surface area contributed by atoms with Gasteiger partial charge in [0.1, 0.15) is 23.2 Å². The van der Waals surface area contributed by atoms with Gasteiger partial charge >= 0.3 is 0 Å². The fourth-order valence-electron chi connectivity index (χ4n) is 5.34. The van der Waals surface area contributed by atoms with E-state index in [9.17, 15) is 36.7 Å². The van der Waals surface area contributed by atoms with Crippen LogP contribution in [0.2, 0.25) is 0 Å². The summed E-state index contributed by atoms with van der Waals surface area (Å²) in [6.07, 6.45) is -2.42. The molecule has 1 fully saturated rings. The lowest BCUT2D eigenvalue weighted by molar-refractivity contribution is -0.163. The fourth-order valence-corrected chi connectivity index (χ4v) is 5.34. The second-order valence-electron chi connectivity index (χ2n) is 9.71. The Kier molecular flexibility index (Phi) is 6.76. The molecule has 0 bridgehead atoms. The number of alkyl halides is 3. The summed E-state index contributed by atoms with van der Waals surface area (Å²) in [5.74, 6) is -7.29. The average Bonchev–Trinajstić information content (AvgIpc) is 3.36. The number of hydrogen-bond acceptors (Lipinski definition) is 4. The minimum atomic E-state index is -3.11. The van der Waals surface area contributed by atoms with E-state index in [1.807, 2.05) is 0 Å². The number of anilines is 1. The Hall–Kier alpha value is -3.50. The van der Waals surface area contributed by atoms with Crippen molar-refractivity contribution in [2.45, 2.75) is 77.1 Å². The first-order valence-electron chi connectivity index (χ1n) is 12.0. The predicted molar refractivity (Wildman–Crippen MR) is 126 cm³/mol. The Balaban J connectivity index is 1.62. The van der Waals surface area contributed by atoms with Gasteiger partial charge in [-0.05, 0) is 50.5 Å². The molecule has 2 aromatic rings. The quantitative estimate of drug-likeness (QED) is 0.301. The maximum Gasteiger partial charge on any atom is 0.293 e. The SMILES string of the molecule is CCC(=O)C1(NC(=O)C(=O)c2c(C)c(C(=O)Nc3ccc(F)c(C(C)F)c3)n3c2CCC3)CC(F)(F)C1. The molecule has 198 valence electrons. The van der Waals surface area contributed by atoms with Crippen molar-refractivity contribution in [3.8, 4) is 0 Å². The summed E-state index contributed by atoms with van der Waals surface area (Å²) in [5, 5.41) is 4.84. The number of amides is 2. The van der Waals surface area contributed by atoms with Gasteiger partial charge in [0.05, 0.1) is 5.56 Å². The number of carbonyl (C=O) groups excluding carboxylic acids is 4. The number of carbonyl (C=O) groups is 4. The second-order valence-corrected chi connectivity index (χ2v) is 9.71. The molecular formula is C26H27F4N3O4. The molecule has 1 saturated carbocycles. The van der Waals surface area contributed by atoms with Crippen LogP contribution in [0.25, 0.3) is 0 Å². The van der Waals surface area contributed by atoms with Crippen LogP contribution in [0.1, 0.15) is 83.4 Å². The maximum atomic E-state index is 13.9. The van der Waals surface area contributed by atoms with Crippen molar-refractivity contribution >= 4 is 29.1 Å². The number of halogens is 4. The molecule has 2 amide bonds. The third kappa shape index (κ3) is 4.67. The zero-order valence-electron chi connectivity index (χ0n) is 20.6. The highest BCUT2D eigenvalue weighted by Crippen LogP contribution is 2.46. The monoisotopic (exact) mass is 521 g/mol. The average molecular weight is 522 g/mol. The highest BCUT2D eigenvalue weighted by Gasteiger charge is 2.61. The van der Waals surface area contributed by atoms with Gasteiger partial charge in [0.25, 0.3) is 23.5 Å². The Morgan fingerprint density at radius 3 is 2.43 bits per heavy atom. The zero-order chi connectivity index (χ0) is 27.3. The van der Waals surface area contributed by atoms with Gasteiger partial charge in [-0.25, -0.2) is 17.6 Å². The minimum absolute atomic E-state index is 0.0116. The summed E-state index contributed by atoms with van der Waals surface area (Å²) < 4.78 is 56.4. The van der Waals surface area contributed by atoms with Crippen LogP contribution in [-0.4, -0.2) is 39.4 Å². The molecule has 0 radical (unpaired) electrons. The molecule has 2 aliphatic rings. The molecule has 11 heteroatoms. The van der Waals surface area contributed by atoms with Crippen LogP contribution in [0, 0.1) is 12.7 Å². The first-order valence-corrected chi connectivity index (χ1v) is 12.0.